The Morgan fingerprint density at radius 3 is 2.62 bits per heavy atom. The van der Waals surface area contributed by atoms with E-state index in [0.717, 1.165) is 29.2 Å². The highest BCUT2D eigenvalue weighted by Crippen LogP contribution is 2.32. The van der Waals surface area contributed by atoms with E-state index in [0.29, 0.717) is 24.6 Å². The number of aliphatic imine (C=N–C) groups is 1. The summed E-state index contributed by atoms with van der Waals surface area (Å²) >= 11 is 0. The number of halogens is 2. The standard InChI is InChI=1S/C19H22FN3O2.HI/c1-3-21-19(22-10-14-5-4-13(2)16(20)8-14)23-11-15-6-7-17-18(9-15)25-12-24-17;/h4-9H,3,10-12H2,1-2H3,(H2,21,22,23);1H. The molecule has 5 nitrogen and oxygen atoms in total. The van der Waals surface area contributed by atoms with Crippen LogP contribution in [0.3, 0.4) is 0 Å². The summed E-state index contributed by atoms with van der Waals surface area (Å²) in [6.07, 6.45) is 0. The van der Waals surface area contributed by atoms with Gasteiger partial charge >= 0.3 is 0 Å². The summed E-state index contributed by atoms with van der Waals surface area (Å²) in [6, 6.07) is 11.0. The number of aryl methyl sites for hydroxylation is 1. The first kappa shape index (κ1) is 20.3. The van der Waals surface area contributed by atoms with Crippen LogP contribution in [0.4, 0.5) is 4.39 Å². The molecular formula is C19H23FIN3O2. The zero-order valence-electron chi connectivity index (χ0n) is 14.8. The van der Waals surface area contributed by atoms with Gasteiger partial charge < -0.3 is 20.1 Å². The van der Waals surface area contributed by atoms with Gasteiger partial charge in [0, 0.05) is 13.1 Å². The smallest absolute Gasteiger partial charge is 0.231 e. The van der Waals surface area contributed by atoms with E-state index >= 15 is 0 Å². The second-order valence-electron chi connectivity index (χ2n) is 5.82. The van der Waals surface area contributed by atoms with Gasteiger partial charge in [-0.15, -0.1) is 24.0 Å². The van der Waals surface area contributed by atoms with Crippen molar-refractivity contribution in [3.63, 3.8) is 0 Å². The van der Waals surface area contributed by atoms with Crippen LogP contribution in [0.25, 0.3) is 0 Å². The third-order valence-corrected chi connectivity index (χ3v) is 3.90. The summed E-state index contributed by atoms with van der Waals surface area (Å²) in [5.74, 6) is 2.01. The average Bonchev–Trinajstić information content (AvgIpc) is 3.08. The zero-order valence-corrected chi connectivity index (χ0v) is 17.2. The highest BCUT2D eigenvalue weighted by molar-refractivity contribution is 14.0. The summed E-state index contributed by atoms with van der Waals surface area (Å²) in [5.41, 5.74) is 2.54. The Morgan fingerprint density at radius 2 is 1.85 bits per heavy atom. The fraction of sp³-hybridized carbons (Fsp3) is 0.316. The molecule has 0 aliphatic carbocycles. The number of guanidine groups is 1. The molecule has 1 aliphatic rings. The topological polar surface area (TPSA) is 54.9 Å². The molecule has 0 saturated heterocycles. The number of rotatable bonds is 5. The van der Waals surface area contributed by atoms with Crippen molar-refractivity contribution in [3.8, 4) is 11.5 Å². The fourth-order valence-electron chi connectivity index (χ4n) is 2.48. The molecule has 0 atom stereocenters. The molecule has 2 aromatic carbocycles. The van der Waals surface area contributed by atoms with Crippen LogP contribution >= 0.6 is 24.0 Å². The van der Waals surface area contributed by atoms with Crippen molar-refractivity contribution in [1.82, 2.24) is 10.6 Å². The minimum Gasteiger partial charge on any atom is -0.454 e. The number of hydrogen-bond donors (Lipinski definition) is 2. The maximum Gasteiger partial charge on any atom is 0.231 e. The van der Waals surface area contributed by atoms with E-state index in [9.17, 15) is 4.39 Å². The van der Waals surface area contributed by atoms with Crippen molar-refractivity contribution < 1.29 is 13.9 Å². The van der Waals surface area contributed by atoms with E-state index in [2.05, 4.69) is 15.6 Å². The number of nitrogens with zero attached hydrogens (tertiary/aromatic N) is 1. The molecule has 1 aliphatic heterocycles. The molecule has 7 heteroatoms. The molecule has 0 bridgehead atoms. The number of fused-ring (bicyclic) bond motifs is 1. The Hall–Kier alpha value is -2.03. The van der Waals surface area contributed by atoms with Crippen LogP contribution in [0.15, 0.2) is 41.4 Å². The molecule has 1 heterocycles. The number of ether oxygens (including phenoxy) is 2. The van der Waals surface area contributed by atoms with Gasteiger partial charge in [0.15, 0.2) is 17.5 Å². The lowest BCUT2D eigenvalue weighted by Gasteiger charge is -2.12. The van der Waals surface area contributed by atoms with Gasteiger partial charge in [-0.2, -0.15) is 0 Å². The third-order valence-electron chi connectivity index (χ3n) is 3.90. The van der Waals surface area contributed by atoms with Crippen LogP contribution in [0, 0.1) is 12.7 Å². The maximum atomic E-state index is 13.6. The Morgan fingerprint density at radius 1 is 1.08 bits per heavy atom. The quantitative estimate of drug-likeness (QED) is 0.397. The van der Waals surface area contributed by atoms with E-state index in [-0.39, 0.29) is 36.6 Å². The van der Waals surface area contributed by atoms with Crippen molar-refractivity contribution in [1.29, 1.82) is 0 Å². The lowest BCUT2D eigenvalue weighted by atomic mass is 10.1. The van der Waals surface area contributed by atoms with E-state index in [1.54, 1.807) is 13.0 Å². The predicted molar refractivity (Wildman–Crippen MR) is 111 cm³/mol. The first-order valence-corrected chi connectivity index (χ1v) is 8.31. The molecule has 0 aromatic heterocycles. The van der Waals surface area contributed by atoms with Gasteiger partial charge in [0.2, 0.25) is 6.79 Å². The molecule has 3 rings (SSSR count). The van der Waals surface area contributed by atoms with Crippen LogP contribution in [-0.2, 0) is 13.1 Å². The Labute approximate surface area is 170 Å². The molecule has 0 fully saturated rings. The highest BCUT2D eigenvalue weighted by Gasteiger charge is 2.13. The van der Waals surface area contributed by atoms with Crippen molar-refractivity contribution in [2.24, 2.45) is 4.99 Å². The maximum absolute atomic E-state index is 13.6. The Balaban J connectivity index is 0.00000243. The van der Waals surface area contributed by atoms with Crippen LogP contribution in [0.5, 0.6) is 11.5 Å². The summed E-state index contributed by atoms with van der Waals surface area (Å²) in [4.78, 5) is 4.51. The first-order chi connectivity index (χ1) is 12.2. The van der Waals surface area contributed by atoms with Gasteiger partial charge in [-0.05, 0) is 48.7 Å². The predicted octanol–water partition coefficient (Wildman–Crippen LogP) is 3.74. The van der Waals surface area contributed by atoms with Crippen molar-refractivity contribution in [2.75, 3.05) is 13.3 Å². The molecule has 0 amide bonds. The van der Waals surface area contributed by atoms with E-state index in [1.807, 2.05) is 31.2 Å². The molecule has 0 radical (unpaired) electrons. The van der Waals surface area contributed by atoms with Gasteiger partial charge in [0.1, 0.15) is 5.82 Å². The van der Waals surface area contributed by atoms with E-state index in [4.69, 9.17) is 9.47 Å². The molecule has 0 unspecified atom stereocenters. The largest absolute Gasteiger partial charge is 0.454 e. The molecule has 0 spiro atoms. The summed E-state index contributed by atoms with van der Waals surface area (Å²) in [6.45, 7) is 5.78. The number of benzene rings is 2. The lowest BCUT2D eigenvalue weighted by Crippen LogP contribution is -2.36. The Kier molecular flexibility index (Phi) is 7.50. The van der Waals surface area contributed by atoms with E-state index < -0.39 is 0 Å². The Bertz CT molecular complexity index is 783. The normalized spacial score (nSPS) is 12.5. The van der Waals surface area contributed by atoms with Gasteiger partial charge in [-0.1, -0.05) is 18.2 Å². The molecule has 0 saturated carbocycles. The van der Waals surface area contributed by atoms with E-state index in [1.165, 1.54) is 6.07 Å². The summed E-state index contributed by atoms with van der Waals surface area (Å²) < 4.78 is 24.3. The second-order valence-corrected chi connectivity index (χ2v) is 5.82. The molecule has 2 aromatic rings. The van der Waals surface area contributed by atoms with Gasteiger partial charge in [0.05, 0.1) is 6.54 Å². The summed E-state index contributed by atoms with van der Waals surface area (Å²) in [5, 5.41) is 6.46. The number of hydrogen-bond acceptors (Lipinski definition) is 3. The van der Waals surface area contributed by atoms with Gasteiger partial charge in [-0.3, -0.25) is 0 Å². The lowest BCUT2D eigenvalue weighted by molar-refractivity contribution is 0.174. The minimum absolute atomic E-state index is 0. The molecule has 140 valence electrons. The molecule has 2 N–H and O–H groups in total. The fourth-order valence-corrected chi connectivity index (χ4v) is 2.48. The summed E-state index contributed by atoms with van der Waals surface area (Å²) in [7, 11) is 0. The monoisotopic (exact) mass is 471 g/mol. The zero-order chi connectivity index (χ0) is 17.6. The number of nitrogens with one attached hydrogen (secondary N) is 2. The third kappa shape index (κ3) is 5.23. The first-order valence-electron chi connectivity index (χ1n) is 8.31. The van der Waals surface area contributed by atoms with Gasteiger partial charge in [-0.25, -0.2) is 9.38 Å². The van der Waals surface area contributed by atoms with Gasteiger partial charge in [0.25, 0.3) is 0 Å². The average molecular weight is 471 g/mol. The van der Waals surface area contributed by atoms with Crippen LogP contribution < -0.4 is 20.1 Å². The molecule has 26 heavy (non-hydrogen) atoms. The second kappa shape index (κ2) is 9.61. The van der Waals surface area contributed by atoms with Crippen LogP contribution in [0.1, 0.15) is 23.6 Å². The SMILES string of the molecule is CCNC(=NCc1ccc(C)c(F)c1)NCc1ccc2c(c1)OCO2.I. The highest BCUT2D eigenvalue weighted by atomic mass is 127. The van der Waals surface area contributed by atoms with Crippen molar-refractivity contribution >= 4 is 29.9 Å². The van der Waals surface area contributed by atoms with Crippen molar-refractivity contribution in [3.05, 3.63) is 58.9 Å². The molecular weight excluding hydrogens is 448 g/mol. The minimum atomic E-state index is -0.203. The van der Waals surface area contributed by atoms with Crippen LogP contribution in [-0.4, -0.2) is 19.3 Å². The van der Waals surface area contributed by atoms with Crippen molar-refractivity contribution in [2.45, 2.75) is 26.9 Å². The van der Waals surface area contributed by atoms with Crippen LogP contribution in [0.2, 0.25) is 0 Å².